The van der Waals surface area contributed by atoms with Crippen molar-refractivity contribution in [1.82, 2.24) is 15.5 Å². The minimum absolute atomic E-state index is 0. The Morgan fingerprint density at radius 2 is 1.61 bits per heavy atom. The molecule has 2 aromatic carbocycles. The van der Waals surface area contributed by atoms with Gasteiger partial charge >= 0.3 is 0 Å². The second kappa shape index (κ2) is 12.5. The van der Waals surface area contributed by atoms with Crippen LogP contribution in [0, 0.1) is 0 Å². The highest BCUT2D eigenvalue weighted by atomic mass is 127. The SMILES string of the molecule is CN=C(NCCOc1ccc(C(C)(C)C)cc1)NCc1ccc(C(=O)N(C)C)cc1.I. The zero-order valence-electron chi connectivity index (χ0n) is 19.4. The van der Waals surface area contributed by atoms with E-state index in [2.05, 4.69) is 48.5 Å². The Kier molecular flexibility index (Phi) is 10.8. The van der Waals surface area contributed by atoms with Crippen molar-refractivity contribution in [3.05, 3.63) is 65.2 Å². The highest BCUT2D eigenvalue weighted by molar-refractivity contribution is 14.0. The van der Waals surface area contributed by atoms with Crippen LogP contribution in [0.1, 0.15) is 42.3 Å². The van der Waals surface area contributed by atoms with E-state index in [1.54, 1.807) is 26.0 Å². The molecular weight excluding hydrogens is 503 g/mol. The summed E-state index contributed by atoms with van der Waals surface area (Å²) in [6.45, 7) is 8.38. The van der Waals surface area contributed by atoms with Crippen LogP contribution in [0.4, 0.5) is 0 Å². The summed E-state index contributed by atoms with van der Waals surface area (Å²) in [5.41, 5.74) is 3.18. The van der Waals surface area contributed by atoms with Crippen molar-refractivity contribution in [2.24, 2.45) is 4.99 Å². The summed E-state index contributed by atoms with van der Waals surface area (Å²) in [5.74, 6) is 1.57. The Morgan fingerprint density at radius 3 is 2.13 bits per heavy atom. The third-order valence-electron chi connectivity index (χ3n) is 4.67. The highest BCUT2D eigenvalue weighted by Crippen LogP contribution is 2.24. The van der Waals surface area contributed by atoms with E-state index in [4.69, 9.17) is 4.74 Å². The maximum Gasteiger partial charge on any atom is 0.253 e. The summed E-state index contributed by atoms with van der Waals surface area (Å²) in [6, 6.07) is 15.8. The number of nitrogens with zero attached hydrogens (tertiary/aromatic N) is 2. The fourth-order valence-corrected chi connectivity index (χ4v) is 2.82. The number of carbonyl (C=O) groups is 1. The van der Waals surface area contributed by atoms with Crippen molar-refractivity contribution in [3.8, 4) is 5.75 Å². The largest absolute Gasteiger partial charge is 0.492 e. The van der Waals surface area contributed by atoms with Gasteiger partial charge in [0.15, 0.2) is 5.96 Å². The van der Waals surface area contributed by atoms with Gasteiger partial charge in [-0.15, -0.1) is 24.0 Å². The molecule has 0 bridgehead atoms. The Balaban J connectivity index is 0.00000480. The minimum atomic E-state index is 0. The average Bonchev–Trinajstić information content (AvgIpc) is 2.72. The van der Waals surface area contributed by atoms with E-state index >= 15 is 0 Å². The number of aliphatic imine (C=N–C) groups is 1. The first-order valence-electron chi connectivity index (χ1n) is 10.2. The van der Waals surface area contributed by atoms with E-state index in [1.165, 1.54) is 5.56 Å². The van der Waals surface area contributed by atoms with Crippen molar-refractivity contribution >= 4 is 35.8 Å². The van der Waals surface area contributed by atoms with Gasteiger partial charge in [-0.2, -0.15) is 0 Å². The summed E-state index contributed by atoms with van der Waals surface area (Å²) in [6.07, 6.45) is 0. The van der Waals surface area contributed by atoms with Gasteiger partial charge < -0.3 is 20.3 Å². The molecule has 0 unspecified atom stereocenters. The Morgan fingerprint density at radius 1 is 1.00 bits per heavy atom. The van der Waals surface area contributed by atoms with Gasteiger partial charge in [-0.3, -0.25) is 9.79 Å². The molecule has 0 fully saturated rings. The Hall–Kier alpha value is -2.29. The lowest BCUT2D eigenvalue weighted by atomic mass is 9.87. The number of rotatable bonds is 7. The van der Waals surface area contributed by atoms with Crippen LogP contribution in [0.15, 0.2) is 53.5 Å². The molecule has 0 radical (unpaired) electrons. The summed E-state index contributed by atoms with van der Waals surface area (Å²) in [7, 11) is 5.23. The molecule has 0 aromatic heterocycles. The van der Waals surface area contributed by atoms with Crippen molar-refractivity contribution in [2.75, 3.05) is 34.3 Å². The number of benzene rings is 2. The number of hydrogen-bond acceptors (Lipinski definition) is 3. The van der Waals surface area contributed by atoms with Gasteiger partial charge in [0.2, 0.25) is 0 Å². The van der Waals surface area contributed by atoms with Crippen LogP contribution in [0.5, 0.6) is 5.75 Å². The monoisotopic (exact) mass is 538 g/mol. The van der Waals surface area contributed by atoms with Gasteiger partial charge in [0, 0.05) is 33.3 Å². The molecular formula is C24H35IN4O2. The quantitative estimate of drug-likeness (QED) is 0.242. The number of amides is 1. The highest BCUT2D eigenvalue weighted by Gasteiger charge is 2.13. The summed E-state index contributed by atoms with van der Waals surface area (Å²) in [5, 5.41) is 6.51. The molecule has 0 spiro atoms. The molecule has 0 aliphatic carbocycles. The molecule has 0 atom stereocenters. The topological polar surface area (TPSA) is 66.0 Å². The molecule has 0 aliphatic heterocycles. The van der Waals surface area contributed by atoms with Crippen molar-refractivity contribution < 1.29 is 9.53 Å². The zero-order valence-corrected chi connectivity index (χ0v) is 21.7. The van der Waals surface area contributed by atoms with Crippen molar-refractivity contribution in [1.29, 1.82) is 0 Å². The molecule has 2 N–H and O–H groups in total. The zero-order chi connectivity index (χ0) is 22.1. The van der Waals surface area contributed by atoms with Gasteiger partial charge in [-0.1, -0.05) is 45.0 Å². The Labute approximate surface area is 203 Å². The predicted octanol–water partition coefficient (Wildman–Crippen LogP) is 4.05. The number of halogens is 1. The van der Waals surface area contributed by atoms with E-state index in [1.807, 2.05) is 36.4 Å². The van der Waals surface area contributed by atoms with Crippen LogP contribution in [0.2, 0.25) is 0 Å². The van der Waals surface area contributed by atoms with Gasteiger partial charge in [0.1, 0.15) is 12.4 Å². The maximum atomic E-state index is 11.9. The van der Waals surface area contributed by atoms with E-state index in [0.717, 1.165) is 11.3 Å². The van der Waals surface area contributed by atoms with Crippen LogP contribution in [-0.2, 0) is 12.0 Å². The normalized spacial score (nSPS) is 11.4. The van der Waals surface area contributed by atoms with Crippen LogP contribution < -0.4 is 15.4 Å². The van der Waals surface area contributed by atoms with E-state index < -0.39 is 0 Å². The summed E-state index contributed by atoms with van der Waals surface area (Å²) >= 11 is 0. The van der Waals surface area contributed by atoms with Crippen molar-refractivity contribution in [3.63, 3.8) is 0 Å². The summed E-state index contributed by atoms with van der Waals surface area (Å²) in [4.78, 5) is 17.8. The molecule has 31 heavy (non-hydrogen) atoms. The average molecular weight is 538 g/mol. The van der Waals surface area contributed by atoms with Crippen molar-refractivity contribution in [2.45, 2.75) is 32.7 Å². The van der Waals surface area contributed by atoms with Crippen LogP contribution in [0.25, 0.3) is 0 Å². The van der Waals surface area contributed by atoms with Crippen LogP contribution >= 0.6 is 24.0 Å². The summed E-state index contributed by atoms with van der Waals surface area (Å²) < 4.78 is 5.81. The molecule has 0 saturated carbocycles. The molecule has 7 heteroatoms. The van der Waals surface area contributed by atoms with Crippen LogP contribution in [0.3, 0.4) is 0 Å². The standard InChI is InChI=1S/C24H34N4O2.HI/c1-24(2,3)20-11-13-21(14-12-20)30-16-15-26-23(25-4)27-17-18-7-9-19(10-8-18)22(29)28(5)6;/h7-14H,15-17H2,1-6H3,(H2,25,26,27);1H. The molecule has 2 rings (SSSR count). The third kappa shape index (κ3) is 8.77. The third-order valence-corrected chi connectivity index (χ3v) is 4.67. The van der Waals surface area contributed by atoms with Gasteiger partial charge in [-0.05, 0) is 40.8 Å². The lowest BCUT2D eigenvalue weighted by molar-refractivity contribution is 0.0827. The molecule has 1 amide bonds. The maximum absolute atomic E-state index is 11.9. The first kappa shape index (κ1) is 26.7. The minimum Gasteiger partial charge on any atom is -0.492 e. The second-order valence-corrected chi connectivity index (χ2v) is 8.37. The number of guanidine groups is 1. The smallest absolute Gasteiger partial charge is 0.253 e. The predicted molar refractivity (Wildman–Crippen MR) is 139 cm³/mol. The fourth-order valence-electron chi connectivity index (χ4n) is 2.82. The number of ether oxygens (including phenoxy) is 1. The molecule has 2 aromatic rings. The molecule has 0 saturated heterocycles. The molecule has 0 aliphatic rings. The van der Waals surface area contributed by atoms with Gasteiger partial charge in [0.05, 0.1) is 6.54 Å². The number of hydrogen-bond donors (Lipinski definition) is 2. The number of nitrogens with one attached hydrogen (secondary N) is 2. The first-order chi connectivity index (χ1) is 14.2. The lowest BCUT2D eigenvalue weighted by Crippen LogP contribution is -2.38. The van der Waals surface area contributed by atoms with E-state index in [0.29, 0.717) is 31.2 Å². The Bertz CT molecular complexity index is 841. The van der Waals surface area contributed by atoms with Gasteiger partial charge in [0.25, 0.3) is 5.91 Å². The molecule has 0 heterocycles. The second-order valence-electron chi connectivity index (χ2n) is 8.37. The number of carbonyl (C=O) groups excluding carboxylic acids is 1. The fraction of sp³-hybridized carbons (Fsp3) is 0.417. The lowest BCUT2D eigenvalue weighted by Gasteiger charge is -2.19. The van der Waals surface area contributed by atoms with Gasteiger partial charge in [-0.25, -0.2) is 0 Å². The van der Waals surface area contributed by atoms with E-state index in [-0.39, 0.29) is 35.3 Å². The van der Waals surface area contributed by atoms with Crippen LogP contribution in [-0.4, -0.2) is 51.1 Å². The molecule has 170 valence electrons. The molecule has 6 nitrogen and oxygen atoms in total. The van der Waals surface area contributed by atoms with E-state index in [9.17, 15) is 4.79 Å². The first-order valence-corrected chi connectivity index (χ1v) is 10.2.